The van der Waals surface area contributed by atoms with Crippen molar-refractivity contribution < 1.29 is 8.78 Å². The van der Waals surface area contributed by atoms with Crippen LogP contribution in [-0.4, -0.2) is 64.9 Å². The molecule has 0 aromatic carbocycles. The van der Waals surface area contributed by atoms with E-state index in [-0.39, 0.29) is 0 Å². The number of nitrogens with one attached hydrogen (secondary N) is 1. The third-order valence-corrected chi connectivity index (χ3v) is 4.16. The lowest BCUT2D eigenvalue weighted by molar-refractivity contribution is 0.0558. The Balaban J connectivity index is 1.51. The van der Waals surface area contributed by atoms with Crippen molar-refractivity contribution in [2.75, 3.05) is 39.3 Å². The number of rotatable bonds is 4. The minimum atomic E-state index is -2.55. The number of hydrogen-bond donors (Lipinski definition) is 1. The van der Waals surface area contributed by atoms with Gasteiger partial charge in [0.2, 0.25) is 0 Å². The molecule has 0 bridgehead atoms. The molecule has 0 spiro atoms. The van der Waals surface area contributed by atoms with Gasteiger partial charge in [0.15, 0.2) is 0 Å². The molecule has 0 saturated carbocycles. The van der Waals surface area contributed by atoms with Crippen LogP contribution in [0.25, 0.3) is 0 Å². The fraction of sp³-hybridized carbons (Fsp3) is 0.769. The first-order valence-corrected chi connectivity index (χ1v) is 7.21. The van der Waals surface area contributed by atoms with Gasteiger partial charge < -0.3 is 5.32 Å². The molecule has 3 rings (SSSR count). The molecule has 3 heterocycles. The average molecular weight is 285 g/mol. The van der Waals surface area contributed by atoms with E-state index >= 15 is 0 Å². The Kier molecular flexibility index (Phi) is 4.28. The summed E-state index contributed by atoms with van der Waals surface area (Å²) in [7, 11) is 0. The van der Waals surface area contributed by atoms with Crippen molar-refractivity contribution in [2.45, 2.75) is 25.6 Å². The molecule has 7 heteroatoms. The van der Waals surface area contributed by atoms with Gasteiger partial charge in [0.25, 0.3) is 0 Å². The molecular weight excluding hydrogens is 264 g/mol. The zero-order valence-electron chi connectivity index (χ0n) is 11.5. The molecule has 0 amide bonds. The van der Waals surface area contributed by atoms with E-state index in [1.165, 1.54) is 6.20 Å². The molecule has 0 radical (unpaired) electrons. The van der Waals surface area contributed by atoms with Gasteiger partial charge in [0, 0.05) is 58.1 Å². The number of alkyl halides is 2. The van der Waals surface area contributed by atoms with E-state index in [0.29, 0.717) is 12.6 Å². The molecule has 2 fully saturated rings. The van der Waals surface area contributed by atoms with Crippen LogP contribution in [0.4, 0.5) is 8.78 Å². The highest BCUT2D eigenvalue weighted by atomic mass is 19.3. The lowest BCUT2D eigenvalue weighted by Crippen LogP contribution is -2.49. The number of aromatic nitrogens is 2. The van der Waals surface area contributed by atoms with Crippen LogP contribution in [0.1, 0.15) is 18.7 Å². The molecule has 2 aliphatic heterocycles. The fourth-order valence-electron chi connectivity index (χ4n) is 3.10. The minimum Gasteiger partial charge on any atom is -0.314 e. The Morgan fingerprint density at radius 2 is 2.10 bits per heavy atom. The Morgan fingerprint density at radius 3 is 2.80 bits per heavy atom. The highest BCUT2D eigenvalue weighted by Gasteiger charge is 2.28. The predicted octanol–water partition coefficient (Wildman–Crippen LogP) is 0.758. The fourth-order valence-corrected chi connectivity index (χ4v) is 3.10. The molecule has 112 valence electrons. The smallest absolute Gasteiger partial charge is 0.314 e. The van der Waals surface area contributed by atoms with E-state index in [1.807, 2.05) is 0 Å². The summed E-state index contributed by atoms with van der Waals surface area (Å²) >= 11 is 0. The van der Waals surface area contributed by atoms with Crippen molar-refractivity contribution in [1.29, 1.82) is 0 Å². The van der Waals surface area contributed by atoms with E-state index < -0.39 is 6.55 Å². The van der Waals surface area contributed by atoms with Gasteiger partial charge in [-0.25, -0.2) is 4.68 Å². The van der Waals surface area contributed by atoms with Crippen molar-refractivity contribution in [2.24, 2.45) is 0 Å². The lowest BCUT2D eigenvalue weighted by Gasteiger charge is -2.32. The van der Waals surface area contributed by atoms with Crippen molar-refractivity contribution >= 4 is 0 Å². The van der Waals surface area contributed by atoms with Crippen LogP contribution >= 0.6 is 0 Å². The summed E-state index contributed by atoms with van der Waals surface area (Å²) in [6, 6.07) is 2.29. The molecule has 2 saturated heterocycles. The van der Waals surface area contributed by atoms with Crippen LogP contribution in [0.5, 0.6) is 0 Å². The van der Waals surface area contributed by atoms with Crippen molar-refractivity contribution in [1.82, 2.24) is 24.9 Å². The van der Waals surface area contributed by atoms with E-state index in [4.69, 9.17) is 0 Å². The molecule has 1 unspecified atom stereocenters. The second-order valence-electron chi connectivity index (χ2n) is 5.53. The van der Waals surface area contributed by atoms with Gasteiger partial charge in [-0.05, 0) is 12.5 Å². The molecule has 0 aliphatic carbocycles. The monoisotopic (exact) mass is 285 g/mol. The standard InChI is InChI=1S/C13H21F2N5/c14-13(15)20-6-1-11(17-20)9-18-5-2-12(10-18)19-7-3-16-4-8-19/h1,6,12-13,16H,2-5,7-10H2. The number of piperazine rings is 1. The van der Waals surface area contributed by atoms with Gasteiger partial charge in [-0.1, -0.05) is 0 Å². The SMILES string of the molecule is FC(F)n1ccc(CN2CCC(N3CCNCC3)C2)n1. The van der Waals surface area contributed by atoms with Crippen LogP contribution in [0.2, 0.25) is 0 Å². The van der Waals surface area contributed by atoms with E-state index in [2.05, 4.69) is 20.2 Å². The summed E-state index contributed by atoms with van der Waals surface area (Å²) in [4.78, 5) is 4.85. The van der Waals surface area contributed by atoms with Crippen LogP contribution < -0.4 is 5.32 Å². The summed E-state index contributed by atoms with van der Waals surface area (Å²) in [6.07, 6.45) is 2.51. The van der Waals surface area contributed by atoms with Crippen LogP contribution in [0.15, 0.2) is 12.3 Å². The molecule has 1 aromatic heterocycles. The second kappa shape index (κ2) is 6.15. The molecule has 1 aromatic rings. The zero-order valence-corrected chi connectivity index (χ0v) is 11.5. The van der Waals surface area contributed by atoms with Crippen molar-refractivity contribution in [3.8, 4) is 0 Å². The Morgan fingerprint density at radius 1 is 1.30 bits per heavy atom. The summed E-state index contributed by atoms with van der Waals surface area (Å²) in [5.41, 5.74) is 0.728. The maximum absolute atomic E-state index is 12.5. The highest BCUT2D eigenvalue weighted by molar-refractivity contribution is 5.00. The van der Waals surface area contributed by atoms with Crippen molar-refractivity contribution in [3.63, 3.8) is 0 Å². The summed E-state index contributed by atoms with van der Waals surface area (Å²) < 4.78 is 25.7. The number of hydrogen-bond acceptors (Lipinski definition) is 4. The largest absolute Gasteiger partial charge is 0.333 e. The van der Waals surface area contributed by atoms with E-state index in [9.17, 15) is 8.78 Å². The Hall–Kier alpha value is -1.05. The molecular formula is C13H21F2N5. The summed E-state index contributed by atoms with van der Waals surface area (Å²) in [6.45, 7) is 4.51. The first kappa shape index (κ1) is 13.9. The first-order chi connectivity index (χ1) is 9.72. The maximum atomic E-state index is 12.5. The third kappa shape index (κ3) is 3.16. The number of likely N-dealkylation sites (tertiary alicyclic amines) is 1. The average Bonchev–Trinajstić information content (AvgIpc) is 3.10. The minimum absolute atomic E-state index is 0.606. The van der Waals surface area contributed by atoms with Gasteiger partial charge >= 0.3 is 6.55 Å². The van der Waals surface area contributed by atoms with Gasteiger partial charge in [-0.15, -0.1) is 0 Å². The van der Waals surface area contributed by atoms with Crippen LogP contribution in [0, 0.1) is 0 Å². The molecule has 20 heavy (non-hydrogen) atoms. The predicted molar refractivity (Wildman–Crippen MR) is 71.6 cm³/mol. The van der Waals surface area contributed by atoms with E-state index in [1.54, 1.807) is 6.07 Å². The van der Waals surface area contributed by atoms with Crippen LogP contribution in [0.3, 0.4) is 0 Å². The second-order valence-corrected chi connectivity index (χ2v) is 5.53. The number of nitrogens with zero attached hydrogens (tertiary/aromatic N) is 4. The Labute approximate surface area is 117 Å². The molecule has 1 N–H and O–H groups in total. The van der Waals surface area contributed by atoms with Gasteiger partial charge in [0.05, 0.1) is 5.69 Å². The third-order valence-electron chi connectivity index (χ3n) is 4.16. The summed E-state index contributed by atoms with van der Waals surface area (Å²) in [5, 5.41) is 7.28. The lowest BCUT2D eigenvalue weighted by atomic mass is 10.2. The first-order valence-electron chi connectivity index (χ1n) is 7.21. The van der Waals surface area contributed by atoms with Gasteiger partial charge in [-0.2, -0.15) is 13.9 Å². The van der Waals surface area contributed by atoms with Gasteiger partial charge in [-0.3, -0.25) is 9.80 Å². The molecule has 2 aliphatic rings. The van der Waals surface area contributed by atoms with E-state index in [0.717, 1.165) is 56.1 Å². The zero-order chi connectivity index (χ0) is 13.9. The van der Waals surface area contributed by atoms with Crippen molar-refractivity contribution in [3.05, 3.63) is 18.0 Å². The van der Waals surface area contributed by atoms with Crippen LogP contribution in [-0.2, 0) is 6.54 Å². The quantitative estimate of drug-likeness (QED) is 0.886. The molecule has 5 nitrogen and oxygen atoms in total. The number of halogens is 2. The topological polar surface area (TPSA) is 36.3 Å². The maximum Gasteiger partial charge on any atom is 0.333 e. The Bertz CT molecular complexity index is 430. The van der Waals surface area contributed by atoms with Gasteiger partial charge in [0.1, 0.15) is 0 Å². The molecule has 1 atom stereocenters. The summed E-state index contributed by atoms with van der Waals surface area (Å²) in [5.74, 6) is 0. The highest BCUT2D eigenvalue weighted by Crippen LogP contribution is 2.18. The normalized spacial score (nSPS) is 25.6.